The minimum absolute atomic E-state index is 0.0526. The van der Waals surface area contributed by atoms with Crippen molar-refractivity contribution in [3.8, 4) is 16.9 Å². The average Bonchev–Trinajstić information content (AvgIpc) is 2.81. The van der Waals surface area contributed by atoms with E-state index in [1.807, 2.05) is 68.4 Å². The van der Waals surface area contributed by atoms with Crippen LogP contribution in [-0.4, -0.2) is 38.9 Å². The van der Waals surface area contributed by atoms with Gasteiger partial charge in [0.05, 0.1) is 24.8 Å². The number of piperidine rings is 1. The minimum atomic E-state index is -0.0526. The zero-order valence-electron chi connectivity index (χ0n) is 19.0. The van der Waals surface area contributed by atoms with Crippen LogP contribution in [0.2, 0.25) is 0 Å². The zero-order valence-corrected chi connectivity index (χ0v) is 19.0. The number of pyridine rings is 1. The molecule has 4 rings (SSSR count). The van der Waals surface area contributed by atoms with Crippen molar-refractivity contribution in [3.63, 3.8) is 0 Å². The van der Waals surface area contributed by atoms with Crippen molar-refractivity contribution in [2.45, 2.75) is 52.5 Å². The molecular formula is C26H30N4O2. The highest BCUT2D eigenvalue weighted by Crippen LogP contribution is 2.36. The standard InChI is InChI=1S/C26H30N4O2/c1-4-32-21-10-8-20(9-11-21)15-25(31)30-14-6-5-7-24(30)26-23(17-28-19(3)29-26)22-12-13-27-16-18(22)2/h8-13,16-17,24H,4-7,14-15H2,1-3H3/t24-/m1/s1. The third-order valence-corrected chi connectivity index (χ3v) is 5.98. The third kappa shape index (κ3) is 4.79. The summed E-state index contributed by atoms with van der Waals surface area (Å²) >= 11 is 0. The van der Waals surface area contributed by atoms with Gasteiger partial charge in [-0.05, 0) is 74.9 Å². The third-order valence-electron chi connectivity index (χ3n) is 5.98. The fourth-order valence-electron chi connectivity index (χ4n) is 4.39. The molecule has 1 amide bonds. The van der Waals surface area contributed by atoms with Crippen LogP contribution in [-0.2, 0) is 11.2 Å². The average molecular weight is 431 g/mol. The lowest BCUT2D eigenvalue weighted by molar-refractivity contribution is -0.134. The Kier molecular flexibility index (Phi) is 6.78. The number of aryl methyl sites for hydroxylation is 2. The summed E-state index contributed by atoms with van der Waals surface area (Å²) in [5.41, 5.74) is 5.06. The Labute approximate surface area is 189 Å². The molecule has 1 atom stereocenters. The van der Waals surface area contributed by atoms with Crippen LogP contribution in [0, 0.1) is 13.8 Å². The quantitative estimate of drug-likeness (QED) is 0.559. The lowest BCUT2D eigenvalue weighted by atomic mass is 9.92. The Hall–Kier alpha value is -3.28. The second-order valence-corrected chi connectivity index (χ2v) is 8.26. The second kappa shape index (κ2) is 9.90. The number of ether oxygens (including phenoxy) is 1. The predicted octanol–water partition coefficient (Wildman–Crippen LogP) is 4.85. The number of rotatable bonds is 6. The number of amides is 1. The number of hydrogen-bond acceptors (Lipinski definition) is 5. The smallest absolute Gasteiger partial charge is 0.227 e. The van der Waals surface area contributed by atoms with E-state index in [1.165, 1.54) is 0 Å². The highest BCUT2D eigenvalue weighted by atomic mass is 16.5. The number of likely N-dealkylation sites (tertiary alicyclic amines) is 1. The van der Waals surface area contributed by atoms with Gasteiger partial charge < -0.3 is 9.64 Å². The Morgan fingerprint density at radius 3 is 2.66 bits per heavy atom. The van der Waals surface area contributed by atoms with E-state index in [1.54, 1.807) is 6.20 Å². The summed E-state index contributed by atoms with van der Waals surface area (Å²) in [7, 11) is 0. The fraction of sp³-hybridized carbons (Fsp3) is 0.385. The van der Waals surface area contributed by atoms with Gasteiger partial charge in [0.25, 0.3) is 0 Å². The highest BCUT2D eigenvalue weighted by molar-refractivity contribution is 5.80. The first-order valence-corrected chi connectivity index (χ1v) is 11.3. The van der Waals surface area contributed by atoms with Crippen molar-refractivity contribution in [1.82, 2.24) is 19.9 Å². The van der Waals surface area contributed by atoms with E-state index in [-0.39, 0.29) is 11.9 Å². The van der Waals surface area contributed by atoms with E-state index in [2.05, 4.69) is 9.97 Å². The van der Waals surface area contributed by atoms with Gasteiger partial charge >= 0.3 is 0 Å². The first kappa shape index (κ1) is 21.9. The molecule has 0 spiro atoms. The maximum atomic E-state index is 13.4. The Bertz CT molecular complexity index is 1080. The molecule has 2 aromatic heterocycles. The zero-order chi connectivity index (χ0) is 22.5. The summed E-state index contributed by atoms with van der Waals surface area (Å²) in [6.45, 7) is 7.29. The van der Waals surface area contributed by atoms with E-state index < -0.39 is 0 Å². The lowest BCUT2D eigenvalue weighted by Crippen LogP contribution is -2.40. The summed E-state index contributed by atoms with van der Waals surface area (Å²) in [6.07, 6.45) is 8.91. The highest BCUT2D eigenvalue weighted by Gasteiger charge is 2.31. The van der Waals surface area contributed by atoms with E-state index in [0.717, 1.165) is 65.3 Å². The van der Waals surface area contributed by atoms with Gasteiger partial charge in [-0.3, -0.25) is 9.78 Å². The monoisotopic (exact) mass is 430 g/mol. The van der Waals surface area contributed by atoms with Crippen LogP contribution in [0.1, 0.15) is 54.9 Å². The molecule has 166 valence electrons. The molecular weight excluding hydrogens is 400 g/mol. The molecule has 1 aromatic carbocycles. The van der Waals surface area contributed by atoms with Crippen molar-refractivity contribution in [3.05, 3.63) is 71.6 Å². The number of carbonyl (C=O) groups is 1. The lowest BCUT2D eigenvalue weighted by Gasteiger charge is -2.36. The molecule has 1 aliphatic heterocycles. The molecule has 6 nitrogen and oxygen atoms in total. The van der Waals surface area contributed by atoms with Crippen molar-refractivity contribution in [1.29, 1.82) is 0 Å². The normalized spacial score (nSPS) is 16.1. The van der Waals surface area contributed by atoms with Gasteiger partial charge in [0.15, 0.2) is 0 Å². The van der Waals surface area contributed by atoms with Gasteiger partial charge in [0.1, 0.15) is 11.6 Å². The van der Waals surface area contributed by atoms with Crippen LogP contribution in [0.25, 0.3) is 11.1 Å². The van der Waals surface area contributed by atoms with Gasteiger partial charge in [-0.1, -0.05) is 12.1 Å². The second-order valence-electron chi connectivity index (χ2n) is 8.26. The molecule has 3 heterocycles. The van der Waals surface area contributed by atoms with Gasteiger partial charge in [-0.15, -0.1) is 0 Å². The van der Waals surface area contributed by atoms with Crippen molar-refractivity contribution < 1.29 is 9.53 Å². The molecule has 0 aliphatic carbocycles. The van der Waals surface area contributed by atoms with Crippen LogP contribution < -0.4 is 4.74 Å². The van der Waals surface area contributed by atoms with Crippen LogP contribution in [0.5, 0.6) is 5.75 Å². The molecule has 32 heavy (non-hydrogen) atoms. The maximum absolute atomic E-state index is 13.4. The van der Waals surface area contributed by atoms with E-state index in [9.17, 15) is 4.79 Å². The van der Waals surface area contributed by atoms with Gasteiger partial charge in [0, 0.05) is 30.7 Å². The van der Waals surface area contributed by atoms with Crippen LogP contribution in [0.3, 0.4) is 0 Å². The molecule has 1 aliphatic rings. The summed E-state index contributed by atoms with van der Waals surface area (Å²) in [6, 6.07) is 9.76. The van der Waals surface area contributed by atoms with Crippen molar-refractivity contribution in [2.75, 3.05) is 13.2 Å². The SMILES string of the molecule is CCOc1ccc(CC(=O)N2CCCC[C@@H]2c2nc(C)ncc2-c2ccncc2C)cc1. The Morgan fingerprint density at radius 1 is 1.09 bits per heavy atom. The van der Waals surface area contributed by atoms with E-state index in [0.29, 0.717) is 13.0 Å². The Morgan fingerprint density at radius 2 is 1.91 bits per heavy atom. The molecule has 3 aromatic rings. The molecule has 6 heteroatoms. The van der Waals surface area contributed by atoms with Crippen molar-refractivity contribution >= 4 is 5.91 Å². The first-order valence-electron chi connectivity index (χ1n) is 11.3. The van der Waals surface area contributed by atoms with Gasteiger partial charge in [-0.2, -0.15) is 0 Å². The number of carbonyl (C=O) groups excluding carboxylic acids is 1. The number of aromatic nitrogens is 3. The molecule has 1 fully saturated rings. The first-order chi connectivity index (χ1) is 15.6. The molecule has 0 bridgehead atoms. The van der Waals surface area contributed by atoms with E-state index >= 15 is 0 Å². The summed E-state index contributed by atoms with van der Waals surface area (Å²) in [5.74, 6) is 1.68. The van der Waals surface area contributed by atoms with Crippen LogP contribution in [0.15, 0.2) is 48.9 Å². The van der Waals surface area contributed by atoms with Gasteiger partial charge in [-0.25, -0.2) is 9.97 Å². The fourth-order valence-corrected chi connectivity index (χ4v) is 4.39. The van der Waals surface area contributed by atoms with E-state index in [4.69, 9.17) is 9.72 Å². The predicted molar refractivity (Wildman–Crippen MR) is 124 cm³/mol. The van der Waals surface area contributed by atoms with Crippen molar-refractivity contribution in [2.24, 2.45) is 0 Å². The summed E-state index contributed by atoms with van der Waals surface area (Å²) in [5, 5.41) is 0. The topological polar surface area (TPSA) is 68.2 Å². The summed E-state index contributed by atoms with van der Waals surface area (Å²) in [4.78, 5) is 29.0. The maximum Gasteiger partial charge on any atom is 0.227 e. The largest absolute Gasteiger partial charge is 0.494 e. The van der Waals surface area contributed by atoms with Crippen LogP contribution in [0.4, 0.5) is 0 Å². The summed E-state index contributed by atoms with van der Waals surface area (Å²) < 4.78 is 5.52. The molecule has 0 radical (unpaired) electrons. The number of nitrogens with zero attached hydrogens (tertiary/aromatic N) is 4. The number of benzene rings is 1. The molecule has 0 unspecified atom stereocenters. The molecule has 1 saturated heterocycles. The molecule has 0 saturated carbocycles. The minimum Gasteiger partial charge on any atom is -0.494 e. The molecule has 0 N–H and O–H groups in total. The number of hydrogen-bond donors (Lipinski definition) is 0. The Balaban J connectivity index is 1.63. The van der Waals surface area contributed by atoms with Gasteiger partial charge in [0.2, 0.25) is 5.91 Å². The van der Waals surface area contributed by atoms with Crippen LogP contribution >= 0.6 is 0 Å².